The summed E-state index contributed by atoms with van der Waals surface area (Å²) in [4.78, 5) is 11.3. The molecule has 0 heterocycles. The van der Waals surface area contributed by atoms with E-state index in [0.29, 0.717) is 5.56 Å². The fourth-order valence-corrected chi connectivity index (χ4v) is 10.4. The van der Waals surface area contributed by atoms with Gasteiger partial charge in [0.15, 0.2) is 0 Å². The summed E-state index contributed by atoms with van der Waals surface area (Å²) < 4.78 is 0. The van der Waals surface area contributed by atoms with Crippen molar-refractivity contribution in [2.75, 3.05) is 0 Å². The number of aliphatic hydroxyl groups excluding tert-OH is 1. The predicted octanol–water partition coefficient (Wildman–Crippen LogP) is 7.11. The van der Waals surface area contributed by atoms with Crippen LogP contribution in [0.5, 0.6) is 0 Å². The van der Waals surface area contributed by atoms with Crippen molar-refractivity contribution in [1.29, 1.82) is 0 Å². The maximum absolute atomic E-state index is 11.3. The third kappa shape index (κ3) is 12.1. The van der Waals surface area contributed by atoms with Gasteiger partial charge in [0.2, 0.25) is 0 Å². The number of aliphatic hydroxyl groups is 1. The van der Waals surface area contributed by atoms with Gasteiger partial charge in [-0.2, -0.15) is 12.1 Å². The van der Waals surface area contributed by atoms with E-state index in [9.17, 15) is 9.90 Å². The van der Waals surface area contributed by atoms with E-state index in [-0.39, 0.29) is 20.1 Å². The molecule has 0 unspecified atom stereocenters. The van der Waals surface area contributed by atoms with Gasteiger partial charge in [-0.3, -0.25) is 0 Å². The number of benzene rings is 6. The zero-order valence-corrected chi connectivity index (χ0v) is 34.7. The van der Waals surface area contributed by atoms with Gasteiger partial charge in [-0.1, -0.05) is 104 Å². The average molecular weight is 1000 g/mol. The Bertz CT molecular complexity index is 1670. The van der Waals surface area contributed by atoms with Gasteiger partial charge < -0.3 is 9.90 Å². The molecule has 0 saturated heterocycles. The second kappa shape index (κ2) is 21.9. The minimum atomic E-state index is -2.13. The quantitative estimate of drug-likeness (QED) is 0.100. The van der Waals surface area contributed by atoms with Crippen molar-refractivity contribution in [2.24, 2.45) is 0 Å². The van der Waals surface area contributed by atoms with Crippen LogP contribution in [0.4, 0.5) is 0 Å². The van der Waals surface area contributed by atoms with Crippen LogP contribution in [0.1, 0.15) is 11.1 Å². The molecule has 0 aliphatic carbocycles. The zero-order chi connectivity index (χ0) is 32.6. The van der Waals surface area contributed by atoms with Gasteiger partial charge in [-0.25, -0.2) is 0 Å². The first-order valence-electron chi connectivity index (χ1n) is 14.4. The van der Waals surface area contributed by atoms with Crippen molar-refractivity contribution in [1.82, 2.24) is 0 Å². The van der Waals surface area contributed by atoms with E-state index in [4.69, 9.17) is 26.8 Å². The Hall–Kier alpha value is -2.00. The molecule has 239 valence electrons. The summed E-state index contributed by atoms with van der Waals surface area (Å²) in [5.74, 6) is 0. The Labute approximate surface area is 311 Å². The van der Waals surface area contributed by atoms with Crippen molar-refractivity contribution in [3.63, 3.8) is 0 Å². The first-order valence-corrected chi connectivity index (χ1v) is 28.2. The first-order chi connectivity index (χ1) is 22.5. The maximum atomic E-state index is 11.3. The van der Waals surface area contributed by atoms with Crippen molar-refractivity contribution >= 4 is 97.1 Å². The summed E-state index contributed by atoms with van der Waals surface area (Å²) in [7, 11) is 12.7. The van der Waals surface area contributed by atoms with Crippen LogP contribution < -0.4 is 31.8 Å². The Kier molecular flexibility index (Phi) is 18.3. The third-order valence-corrected chi connectivity index (χ3v) is 12.5. The van der Waals surface area contributed by atoms with E-state index in [2.05, 4.69) is 115 Å². The molecule has 0 aliphatic rings. The van der Waals surface area contributed by atoms with E-state index in [1.165, 1.54) is 33.1 Å². The molecule has 9 heteroatoms. The standard InChI is InChI=1S/C19H16OP.C19H14OP.3ClH.Ir.Sn.H/c2*20-15-16-9-7-8-14-19(16)21(17-10-3-1-4-11-17)18-12-5-2-6-13-18;;;;;;/h1-15,20H;1-14H;3*1H;;;/q2*-1;;;;+2;+3;/p-1. The van der Waals surface area contributed by atoms with E-state index in [1.54, 1.807) is 0 Å². The van der Waals surface area contributed by atoms with Crippen LogP contribution in [0.15, 0.2) is 170 Å². The summed E-state index contributed by atoms with van der Waals surface area (Å²) in [5, 5.41) is 17.0. The monoisotopic (exact) mass is 1000 g/mol. The molecule has 0 saturated carbocycles. The summed E-state index contributed by atoms with van der Waals surface area (Å²) >= 11 is -2.13. The summed E-state index contributed by atoms with van der Waals surface area (Å²) in [6, 6.07) is 57.8. The van der Waals surface area contributed by atoms with E-state index >= 15 is 0 Å². The molecule has 0 amide bonds. The normalized spacial score (nSPS) is 10.2. The SMILES string of the molecule is O=[C-]c1ccccc1[PH+](c1ccccc1)c1ccccc1.O[CH-]c1ccccc1[PH+](c1ccccc1)c1ccccc1.[Cl][Sn]([Cl])[Cl].[IrH+2]. The van der Waals surface area contributed by atoms with E-state index in [0.717, 1.165) is 10.9 Å². The van der Waals surface area contributed by atoms with Gasteiger partial charge >= 0.3 is 63.2 Å². The van der Waals surface area contributed by atoms with Gasteiger partial charge in [0.05, 0.1) is 43.3 Å². The van der Waals surface area contributed by atoms with Gasteiger partial charge in [0, 0.05) is 10.6 Å². The summed E-state index contributed by atoms with van der Waals surface area (Å²) in [6.07, 6.45) is 2.09. The first kappa shape index (κ1) is 39.4. The minimum absolute atomic E-state index is 0. The second-order valence-electron chi connectivity index (χ2n) is 9.79. The van der Waals surface area contributed by atoms with Crippen molar-refractivity contribution in [3.8, 4) is 0 Å². The van der Waals surface area contributed by atoms with Crippen molar-refractivity contribution < 1.29 is 30.0 Å². The summed E-state index contributed by atoms with van der Waals surface area (Å²) in [5.41, 5.74) is 1.57. The fraction of sp³-hybridized carbons (Fsp3) is 0. The molecule has 1 N–H and O–H groups in total. The molecule has 6 rings (SSSR count). The Balaban J connectivity index is 0.000000225. The topological polar surface area (TPSA) is 37.3 Å². The van der Waals surface area contributed by atoms with Gasteiger partial charge in [0.1, 0.15) is 0 Å². The molecule has 6 aromatic carbocycles. The molecule has 47 heavy (non-hydrogen) atoms. The van der Waals surface area contributed by atoms with Crippen LogP contribution in [-0.4, -0.2) is 27.8 Å². The molecular formula is C38H33Cl3IrO2P2Sn+2. The number of carbonyl (C=O) groups excluding carboxylic acids is 1. The molecule has 6 aromatic rings. The van der Waals surface area contributed by atoms with Crippen LogP contribution in [0.2, 0.25) is 0 Å². The molecule has 0 aromatic heterocycles. The van der Waals surface area contributed by atoms with Crippen LogP contribution in [0, 0.1) is 6.61 Å². The van der Waals surface area contributed by atoms with Crippen molar-refractivity contribution in [2.45, 2.75) is 0 Å². The number of hydrogen-bond donors (Lipinski definition) is 1. The van der Waals surface area contributed by atoms with E-state index in [1.807, 2.05) is 60.7 Å². The number of halogens is 3. The molecule has 0 spiro atoms. The van der Waals surface area contributed by atoms with Crippen molar-refractivity contribution in [3.05, 3.63) is 188 Å². The number of hydrogen-bond acceptors (Lipinski definition) is 2. The Morgan fingerprint density at radius 1 is 0.489 bits per heavy atom. The van der Waals surface area contributed by atoms with Gasteiger partial charge in [-0.15, -0.1) is 23.3 Å². The molecule has 0 aliphatic heterocycles. The second-order valence-corrected chi connectivity index (χ2v) is 27.4. The Morgan fingerprint density at radius 3 is 1.15 bits per heavy atom. The van der Waals surface area contributed by atoms with E-state index < -0.39 is 32.2 Å². The molecular weight excluding hydrogens is 968 g/mol. The third-order valence-electron chi connectivity index (χ3n) is 6.93. The van der Waals surface area contributed by atoms with Gasteiger partial charge in [-0.05, 0) is 48.5 Å². The van der Waals surface area contributed by atoms with Gasteiger partial charge in [0.25, 0.3) is 0 Å². The molecule has 0 bridgehead atoms. The predicted molar refractivity (Wildman–Crippen MR) is 208 cm³/mol. The molecule has 2 radical (unpaired) electrons. The molecule has 0 fully saturated rings. The van der Waals surface area contributed by atoms with Crippen LogP contribution >= 0.6 is 42.6 Å². The number of rotatable bonds is 8. The van der Waals surface area contributed by atoms with Crippen LogP contribution in [-0.2, 0) is 24.9 Å². The molecule has 2 nitrogen and oxygen atoms in total. The molecule has 0 atom stereocenters. The fourth-order valence-electron chi connectivity index (χ4n) is 5.00. The zero-order valence-electron chi connectivity index (χ0n) is 25.1. The average Bonchev–Trinajstić information content (AvgIpc) is 3.11. The Morgan fingerprint density at radius 2 is 0.787 bits per heavy atom. The van der Waals surface area contributed by atoms with Crippen LogP contribution in [0.3, 0.4) is 0 Å². The van der Waals surface area contributed by atoms with Crippen LogP contribution in [0.25, 0.3) is 0 Å². The summed E-state index contributed by atoms with van der Waals surface area (Å²) in [6.45, 7) is 1.21.